The van der Waals surface area contributed by atoms with Gasteiger partial charge in [0.25, 0.3) is 0 Å². The quantitative estimate of drug-likeness (QED) is 0.809. The van der Waals surface area contributed by atoms with Gasteiger partial charge < -0.3 is 10.1 Å². The Bertz CT molecular complexity index is 383. The summed E-state index contributed by atoms with van der Waals surface area (Å²) in [6, 6.07) is 4.33. The molecular formula is C16H27N3O. The molecule has 2 atom stereocenters. The third kappa shape index (κ3) is 4.85. The minimum Gasteiger partial charge on any atom is -0.373 e. The third-order valence-corrected chi connectivity index (χ3v) is 3.52. The van der Waals surface area contributed by atoms with E-state index >= 15 is 0 Å². The molecule has 1 saturated heterocycles. The molecule has 4 nitrogen and oxygen atoms in total. The highest BCUT2D eigenvalue weighted by Crippen LogP contribution is 2.13. The standard InChI is InChI=1S/C16H27N3O/c1-4-7-17-8-15-5-6-16(18-9-15)12-19-10-13(2)20-14(3)11-19/h5-6,9,13-14,17H,4,7-8,10-12H2,1-3H3. The lowest BCUT2D eigenvalue weighted by atomic mass is 10.2. The fourth-order valence-corrected chi connectivity index (χ4v) is 2.71. The Morgan fingerprint density at radius 3 is 2.65 bits per heavy atom. The zero-order valence-electron chi connectivity index (χ0n) is 12.9. The molecule has 4 heteroatoms. The molecule has 1 N–H and O–H groups in total. The van der Waals surface area contributed by atoms with E-state index in [0.717, 1.165) is 38.4 Å². The highest BCUT2D eigenvalue weighted by atomic mass is 16.5. The monoisotopic (exact) mass is 277 g/mol. The summed E-state index contributed by atoms with van der Waals surface area (Å²) in [5.74, 6) is 0. The van der Waals surface area contributed by atoms with Crippen LogP contribution in [0.2, 0.25) is 0 Å². The molecule has 1 aromatic heterocycles. The van der Waals surface area contributed by atoms with Crippen LogP contribution in [0.15, 0.2) is 18.3 Å². The number of hydrogen-bond acceptors (Lipinski definition) is 4. The topological polar surface area (TPSA) is 37.4 Å². The van der Waals surface area contributed by atoms with Crippen molar-refractivity contribution in [2.24, 2.45) is 0 Å². The van der Waals surface area contributed by atoms with E-state index in [1.807, 2.05) is 6.20 Å². The van der Waals surface area contributed by atoms with Crippen molar-refractivity contribution in [3.63, 3.8) is 0 Å². The lowest BCUT2D eigenvalue weighted by Gasteiger charge is -2.35. The lowest BCUT2D eigenvalue weighted by molar-refractivity contribution is -0.0707. The number of rotatable bonds is 6. The van der Waals surface area contributed by atoms with E-state index in [1.165, 1.54) is 12.0 Å². The van der Waals surface area contributed by atoms with Crippen molar-refractivity contribution in [1.29, 1.82) is 0 Å². The Labute approximate surface area is 122 Å². The number of ether oxygens (including phenoxy) is 1. The molecule has 1 aliphatic heterocycles. The van der Waals surface area contributed by atoms with Crippen LogP contribution in [0, 0.1) is 0 Å². The zero-order valence-corrected chi connectivity index (χ0v) is 12.9. The summed E-state index contributed by atoms with van der Waals surface area (Å²) in [4.78, 5) is 7.01. The maximum absolute atomic E-state index is 5.76. The van der Waals surface area contributed by atoms with Crippen molar-refractivity contribution in [1.82, 2.24) is 15.2 Å². The van der Waals surface area contributed by atoms with Crippen LogP contribution in [-0.2, 0) is 17.8 Å². The van der Waals surface area contributed by atoms with Gasteiger partial charge in [0.2, 0.25) is 0 Å². The smallest absolute Gasteiger partial charge is 0.0678 e. The summed E-state index contributed by atoms with van der Waals surface area (Å²) in [6.07, 6.45) is 3.79. The second-order valence-corrected chi connectivity index (χ2v) is 5.79. The molecule has 1 aromatic rings. The maximum Gasteiger partial charge on any atom is 0.0678 e. The van der Waals surface area contributed by atoms with E-state index in [2.05, 4.69) is 48.1 Å². The Balaban J connectivity index is 1.83. The minimum atomic E-state index is 0.316. The van der Waals surface area contributed by atoms with Crippen molar-refractivity contribution in [2.45, 2.75) is 52.5 Å². The normalized spacial score (nSPS) is 23.9. The molecule has 1 aliphatic rings. The van der Waals surface area contributed by atoms with E-state index in [0.29, 0.717) is 12.2 Å². The predicted octanol–water partition coefficient (Wildman–Crippen LogP) is 2.19. The van der Waals surface area contributed by atoms with Crippen LogP contribution in [0.1, 0.15) is 38.4 Å². The first-order chi connectivity index (χ1) is 9.67. The first kappa shape index (κ1) is 15.4. The van der Waals surface area contributed by atoms with E-state index in [4.69, 9.17) is 4.74 Å². The van der Waals surface area contributed by atoms with Crippen molar-refractivity contribution in [2.75, 3.05) is 19.6 Å². The van der Waals surface area contributed by atoms with Crippen LogP contribution in [0.25, 0.3) is 0 Å². The van der Waals surface area contributed by atoms with Gasteiger partial charge in [-0.15, -0.1) is 0 Å². The molecule has 0 aromatic carbocycles. The van der Waals surface area contributed by atoms with E-state index < -0.39 is 0 Å². The number of aromatic nitrogens is 1. The number of pyridine rings is 1. The van der Waals surface area contributed by atoms with Crippen LogP contribution in [0.3, 0.4) is 0 Å². The molecule has 2 rings (SSSR count). The van der Waals surface area contributed by atoms with Crippen LogP contribution < -0.4 is 5.32 Å². The fourth-order valence-electron chi connectivity index (χ4n) is 2.71. The molecule has 1 fully saturated rings. The molecule has 0 bridgehead atoms. The van der Waals surface area contributed by atoms with Gasteiger partial charge in [-0.05, 0) is 38.4 Å². The first-order valence-corrected chi connectivity index (χ1v) is 7.69. The largest absolute Gasteiger partial charge is 0.373 e. The van der Waals surface area contributed by atoms with E-state index in [1.54, 1.807) is 0 Å². The summed E-state index contributed by atoms with van der Waals surface area (Å²) in [7, 11) is 0. The SMILES string of the molecule is CCCNCc1ccc(CN2CC(C)OC(C)C2)nc1. The Morgan fingerprint density at radius 2 is 2.05 bits per heavy atom. The van der Waals surface area contributed by atoms with Gasteiger partial charge in [-0.2, -0.15) is 0 Å². The van der Waals surface area contributed by atoms with Crippen molar-refractivity contribution >= 4 is 0 Å². The minimum absolute atomic E-state index is 0.316. The van der Waals surface area contributed by atoms with Crippen molar-refractivity contribution in [3.8, 4) is 0 Å². The van der Waals surface area contributed by atoms with Gasteiger partial charge in [-0.25, -0.2) is 0 Å². The molecule has 112 valence electrons. The van der Waals surface area contributed by atoms with Gasteiger partial charge in [-0.1, -0.05) is 13.0 Å². The molecule has 0 radical (unpaired) electrons. The van der Waals surface area contributed by atoms with Gasteiger partial charge >= 0.3 is 0 Å². The number of hydrogen-bond donors (Lipinski definition) is 1. The Morgan fingerprint density at radius 1 is 1.30 bits per heavy atom. The van der Waals surface area contributed by atoms with Crippen LogP contribution >= 0.6 is 0 Å². The first-order valence-electron chi connectivity index (χ1n) is 7.69. The maximum atomic E-state index is 5.76. The van der Waals surface area contributed by atoms with Crippen molar-refractivity contribution in [3.05, 3.63) is 29.6 Å². The zero-order chi connectivity index (χ0) is 14.4. The summed E-state index contributed by atoms with van der Waals surface area (Å²) < 4.78 is 5.76. The summed E-state index contributed by atoms with van der Waals surface area (Å²) >= 11 is 0. The van der Waals surface area contributed by atoms with Gasteiger partial charge in [0.05, 0.1) is 17.9 Å². The molecule has 2 heterocycles. The number of morpholine rings is 1. The van der Waals surface area contributed by atoms with E-state index in [9.17, 15) is 0 Å². The summed E-state index contributed by atoms with van der Waals surface area (Å²) in [5.41, 5.74) is 2.40. The van der Waals surface area contributed by atoms with Crippen LogP contribution in [0.5, 0.6) is 0 Å². The molecule has 0 amide bonds. The highest BCUT2D eigenvalue weighted by molar-refractivity contribution is 5.14. The summed E-state index contributed by atoms with van der Waals surface area (Å²) in [5, 5.41) is 3.40. The molecule has 20 heavy (non-hydrogen) atoms. The molecule has 2 unspecified atom stereocenters. The van der Waals surface area contributed by atoms with Crippen LogP contribution in [0.4, 0.5) is 0 Å². The van der Waals surface area contributed by atoms with Crippen LogP contribution in [-0.4, -0.2) is 41.7 Å². The molecule has 0 spiro atoms. The molecule has 0 aliphatic carbocycles. The number of nitrogens with one attached hydrogen (secondary N) is 1. The van der Waals surface area contributed by atoms with Gasteiger partial charge in [-0.3, -0.25) is 9.88 Å². The summed E-state index contributed by atoms with van der Waals surface area (Å²) in [6.45, 7) is 11.3. The fraction of sp³-hybridized carbons (Fsp3) is 0.688. The second-order valence-electron chi connectivity index (χ2n) is 5.79. The van der Waals surface area contributed by atoms with E-state index in [-0.39, 0.29) is 0 Å². The number of nitrogens with zero attached hydrogens (tertiary/aromatic N) is 2. The molecular weight excluding hydrogens is 250 g/mol. The highest BCUT2D eigenvalue weighted by Gasteiger charge is 2.22. The predicted molar refractivity (Wildman–Crippen MR) is 81.5 cm³/mol. The Kier molecular flexibility index (Phi) is 5.95. The van der Waals surface area contributed by atoms with Gasteiger partial charge in [0.1, 0.15) is 0 Å². The third-order valence-electron chi connectivity index (χ3n) is 3.52. The lowest BCUT2D eigenvalue weighted by Crippen LogP contribution is -2.44. The van der Waals surface area contributed by atoms with Gasteiger partial charge in [0.15, 0.2) is 0 Å². The second kappa shape index (κ2) is 7.72. The van der Waals surface area contributed by atoms with Gasteiger partial charge in [0, 0.05) is 32.4 Å². The Hall–Kier alpha value is -0.970. The average Bonchev–Trinajstić information content (AvgIpc) is 2.40. The average molecular weight is 277 g/mol. The molecule has 0 saturated carbocycles. The van der Waals surface area contributed by atoms with Crippen molar-refractivity contribution < 1.29 is 4.74 Å².